The Morgan fingerprint density at radius 3 is 2.89 bits per heavy atom. The summed E-state index contributed by atoms with van der Waals surface area (Å²) in [4.78, 5) is 2.27. The van der Waals surface area contributed by atoms with Crippen molar-refractivity contribution in [3.05, 3.63) is 29.0 Å². The Labute approximate surface area is 119 Å². The minimum Gasteiger partial charge on any atom is -0.366 e. The van der Waals surface area contributed by atoms with Crippen molar-refractivity contribution in [1.29, 1.82) is 0 Å². The molecule has 1 aliphatic heterocycles. The Morgan fingerprint density at radius 1 is 1.53 bits per heavy atom. The van der Waals surface area contributed by atoms with E-state index in [0.717, 1.165) is 25.2 Å². The number of hydrogen-bond acceptors (Lipinski definition) is 2. The number of piperazine rings is 1. The largest absolute Gasteiger partial charge is 0.366 e. The van der Waals surface area contributed by atoms with Gasteiger partial charge in [-0.05, 0) is 31.0 Å². The normalized spacial score (nSPS) is 25.4. The summed E-state index contributed by atoms with van der Waals surface area (Å²) in [6.45, 7) is 8.47. The zero-order chi connectivity index (χ0) is 14.0. The van der Waals surface area contributed by atoms with Crippen LogP contribution in [0.15, 0.2) is 18.2 Å². The Balaban J connectivity index is 2.18. The van der Waals surface area contributed by atoms with Gasteiger partial charge in [-0.1, -0.05) is 31.9 Å². The molecule has 1 saturated heterocycles. The van der Waals surface area contributed by atoms with Crippen molar-refractivity contribution >= 4 is 17.3 Å². The summed E-state index contributed by atoms with van der Waals surface area (Å²) in [6, 6.07) is 5.90. The van der Waals surface area contributed by atoms with E-state index in [-0.39, 0.29) is 10.8 Å². The van der Waals surface area contributed by atoms with Crippen molar-refractivity contribution in [2.45, 2.75) is 39.3 Å². The molecule has 106 valence electrons. The van der Waals surface area contributed by atoms with E-state index in [9.17, 15) is 4.39 Å². The van der Waals surface area contributed by atoms with Gasteiger partial charge in [-0.25, -0.2) is 4.39 Å². The lowest BCUT2D eigenvalue weighted by molar-refractivity contribution is 0.315. The fourth-order valence-corrected chi connectivity index (χ4v) is 2.70. The highest BCUT2D eigenvalue weighted by Crippen LogP contribution is 2.26. The van der Waals surface area contributed by atoms with Gasteiger partial charge in [0.05, 0.1) is 5.02 Å². The second-order valence-corrected chi connectivity index (χ2v) is 5.91. The average molecular weight is 285 g/mol. The zero-order valence-corrected chi connectivity index (χ0v) is 12.5. The predicted molar refractivity (Wildman–Crippen MR) is 79.5 cm³/mol. The van der Waals surface area contributed by atoms with Crippen molar-refractivity contribution in [3.63, 3.8) is 0 Å². The number of nitrogens with one attached hydrogen (secondary N) is 1. The van der Waals surface area contributed by atoms with Crippen LogP contribution < -0.4 is 10.2 Å². The van der Waals surface area contributed by atoms with Gasteiger partial charge in [-0.2, -0.15) is 0 Å². The third-order valence-electron chi connectivity index (χ3n) is 4.17. The van der Waals surface area contributed by atoms with Gasteiger partial charge in [0, 0.05) is 30.9 Å². The predicted octanol–water partition coefficient (Wildman–Crippen LogP) is 3.69. The molecule has 0 amide bonds. The van der Waals surface area contributed by atoms with Crippen LogP contribution in [0.4, 0.5) is 10.1 Å². The van der Waals surface area contributed by atoms with Crippen LogP contribution in [-0.2, 0) is 0 Å². The van der Waals surface area contributed by atoms with E-state index in [1.807, 2.05) is 6.07 Å². The molecule has 1 aliphatic rings. The molecule has 0 aromatic heterocycles. The Kier molecular flexibility index (Phi) is 4.69. The summed E-state index contributed by atoms with van der Waals surface area (Å²) in [6.07, 6.45) is 1.15. The van der Waals surface area contributed by atoms with Crippen LogP contribution in [0.25, 0.3) is 0 Å². The first kappa shape index (κ1) is 14.6. The minimum absolute atomic E-state index is 0.185. The number of rotatable bonds is 3. The maximum atomic E-state index is 13.6. The van der Waals surface area contributed by atoms with Gasteiger partial charge in [-0.3, -0.25) is 0 Å². The lowest BCUT2D eigenvalue weighted by Crippen LogP contribution is -2.57. The van der Waals surface area contributed by atoms with Gasteiger partial charge >= 0.3 is 0 Å². The first-order valence-electron chi connectivity index (χ1n) is 6.98. The van der Waals surface area contributed by atoms with E-state index in [1.165, 1.54) is 6.07 Å². The SMILES string of the molecule is CCC(C)C1CN(c2ccc(Cl)c(F)c2)C(C)CN1. The first-order valence-corrected chi connectivity index (χ1v) is 7.35. The molecule has 1 aromatic rings. The first-order chi connectivity index (χ1) is 9.02. The van der Waals surface area contributed by atoms with Gasteiger partial charge in [0.2, 0.25) is 0 Å². The van der Waals surface area contributed by atoms with Gasteiger partial charge in [0.1, 0.15) is 5.82 Å². The third-order valence-corrected chi connectivity index (χ3v) is 4.47. The quantitative estimate of drug-likeness (QED) is 0.911. The van der Waals surface area contributed by atoms with Crippen LogP contribution in [0, 0.1) is 11.7 Å². The molecule has 1 aromatic carbocycles. The van der Waals surface area contributed by atoms with Gasteiger partial charge < -0.3 is 10.2 Å². The lowest BCUT2D eigenvalue weighted by atomic mass is 9.95. The van der Waals surface area contributed by atoms with Gasteiger partial charge in [0.25, 0.3) is 0 Å². The topological polar surface area (TPSA) is 15.3 Å². The second kappa shape index (κ2) is 6.10. The smallest absolute Gasteiger partial charge is 0.143 e. The lowest BCUT2D eigenvalue weighted by Gasteiger charge is -2.42. The number of anilines is 1. The third kappa shape index (κ3) is 3.21. The molecule has 0 bridgehead atoms. The van der Waals surface area contributed by atoms with Crippen LogP contribution in [0.1, 0.15) is 27.2 Å². The van der Waals surface area contributed by atoms with E-state index in [1.54, 1.807) is 6.07 Å². The van der Waals surface area contributed by atoms with E-state index in [4.69, 9.17) is 11.6 Å². The number of hydrogen-bond donors (Lipinski definition) is 1. The van der Waals surface area contributed by atoms with Crippen molar-refractivity contribution in [2.24, 2.45) is 5.92 Å². The summed E-state index contributed by atoms with van der Waals surface area (Å²) in [5.74, 6) is 0.275. The molecule has 1 fully saturated rings. The maximum Gasteiger partial charge on any atom is 0.143 e. The maximum absolute atomic E-state index is 13.6. The highest BCUT2D eigenvalue weighted by atomic mass is 35.5. The van der Waals surface area contributed by atoms with Crippen LogP contribution in [0.3, 0.4) is 0 Å². The molecular weight excluding hydrogens is 263 g/mol. The molecular formula is C15H22ClFN2. The molecule has 0 radical (unpaired) electrons. The van der Waals surface area contributed by atoms with E-state index in [0.29, 0.717) is 18.0 Å². The molecule has 1 heterocycles. The monoisotopic (exact) mass is 284 g/mol. The van der Waals surface area contributed by atoms with Gasteiger partial charge in [-0.15, -0.1) is 0 Å². The second-order valence-electron chi connectivity index (χ2n) is 5.50. The Morgan fingerprint density at radius 2 is 2.26 bits per heavy atom. The molecule has 19 heavy (non-hydrogen) atoms. The molecule has 4 heteroatoms. The zero-order valence-electron chi connectivity index (χ0n) is 11.8. The Hall–Kier alpha value is -0.800. The molecule has 0 spiro atoms. The highest BCUT2D eigenvalue weighted by molar-refractivity contribution is 6.30. The number of nitrogens with zero attached hydrogens (tertiary/aromatic N) is 1. The van der Waals surface area contributed by atoms with Crippen molar-refractivity contribution in [1.82, 2.24) is 5.32 Å². The molecule has 0 aliphatic carbocycles. The summed E-state index contributed by atoms with van der Waals surface area (Å²) >= 11 is 5.75. The van der Waals surface area contributed by atoms with Crippen LogP contribution in [0.2, 0.25) is 5.02 Å². The van der Waals surface area contributed by atoms with E-state index < -0.39 is 0 Å². The summed E-state index contributed by atoms with van der Waals surface area (Å²) in [5.41, 5.74) is 0.921. The van der Waals surface area contributed by atoms with Crippen LogP contribution in [0.5, 0.6) is 0 Å². The molecule has 3 unspecified atom stereocenters. The van der Waals surface area contributed by atoms with Crippen LogP contribution >= 0.6 is 11.6 Å². The minimum atomic E-state index is -0.343. The van der Waals surface area contributed by atoms with Gasteiger partial charge in [0.15, 0.2) is 0 Å². The molecule has 3 atom stereocenters. The molecule has 1 N–H and O–H groups in total. The Bertz CT molecular complexity index is 438. The molecule has 0 saturated carbocycles. The molecule has 2 nitrogen and oxygen atoms in total. The van der Waals surface area contributed by atoms with Crippen molar-refractivity contribution in [2.75, 3.05) is 18.0 Å². The standard InChI is InChI=1S/C15H22ClFN2/c1-4-10(2)15-9-19(11(3)8-18-15)12-5-6-13(16)14(17)7-12/h5-7,10-11,15,18H,4,8-9H2,1-3H3. The average Bonchev–Trinajstić information content (AvgIpc) is 2.41. The van der Waals surface area contributed by atoms with E-state index >= 15 is 0 Å². The van der Waals surface area contributed by atoms with Crippen LogP contribution in [-0.4, -0.2) is 25.2 Å². The highest BCUT2D eigenvalue weighted by Gasteiger charge is 2.28. The molecule has 2 rings (SSSR count). The van der Waals surface area contributed by atoms with Crippen molar-refractivity contribution < 1.29 is 4.39 Å². The summed E-state index contributed by atoms with van der Waals surface area (Å²) < 4.78 is 13.6. The number of halogens is 2. The fraction of sp³-hybridized carbons (Fsp3) is 0.600. The van der Waals surface area contributed by atoms with Crippen molar-refractivity contribution in [3.8, 4) is 0 Å². The number of benzene rings is 1. The van der Waals surface area contributed by atoms with E-state index in [2.05, 4.69) is 31.0 Å². The fourth-order valence-electron chi connectivity index (χ4n) is 2.58. The summed E-state index contributed by atoms with van der Waals surface area (Å²) in [5, 5.41) is 3.77. The summed E-state index contributed by atoms with van der Waals surface area (Å²) in [7, 11) is 0.